The molecule has 15 heavy (non-hydrogen) atoms. The summed E-state index contributed by atoms with van der Waals surface area (Å²) in [5, 5.41) is 12.6. The number of hydrogen-bond acceptors (Lipinski definition) is 2. The number of carbonyl (C=O) groups is 1. The highest BCUT2D eigenvalue weighted by Gasteiger charge is 2.05. The molecular weight excluding hydrogens is 260 g/mol. The molecule has 76 valence electrons. The van der Waals surface area contributed by atoms with E-state index in [9.17, 15) is 4.79 Å². The van der Waals surface area contributed by atoms with Gasteiger partial charge in [-0.2, -0.15) is 0 Å². The van der Waals surface area contributed by atoms with Crippen molar-refractivity contribution in [1.29, 1.82) is 0 Å². The number of benzene rings is 1. The van der Waals surface area contributed by atoms with Crippen LogP contribution >= 0.6 is 15.9 Å². The summed E-state index contributed by atoms with van der Waals surface area (Å²) in [5.74, 6) is 0.348. The monoisotopic (exact) mass is 266 g/mol. The molecule has 0 aliphatic carbocycles. The lowest BCUT2D eigenvalue weighted by Crippen LogP contribution is -2.08. The molecule has 0 unspecified atom stereocenters. The van der Waals surface area contributed by atoms with Crippen molar-refractivity contribution in [2.45, 2.75) is 0 Å². The highest BCUT2D eigenvalue weighted by atomic mass is 79.9. The molecule has 0 aliphatic heterocycles. The molecule has 2 rings (SSSR count). The van der Waals surface area contributed by atoms with Crippen LogP contribution in [0.5, 0.6) is 0 Å². The standard InChI is InChI=1S/C10H7BrN2O2/c11-7-2-1-6-3-4-12-9(8(6)5-7)13-10(14)15/h1-5H,(H,12,13)(H,14,15). The number of aromatic nitrogens is 1. The first-order valence-electron chi connectivity index (χ1n) is 4.21. The fourth-order valence-electron chi connectivity index (χ4n) is 1.34. The SMILES string of the molecule is O=C(O)Nc1nccc2ccc(Br)cc12. The van der Waals surface area contributed by atoms with Crippen molar-refractivity contribution in [3.05, 3.63) is 34.9 Å². The van der Waals surface area contributed by atoms with E-state index in [1.165, 1.54) is 0 Å². The molecule has 0 spiro atoms. The lowest BCUT2D eigenvalue weighted by Gasteiger charge is -2.04. The number of fused-ring (bicyclic) bond motifs is 1. The molecule has 0 fully saturated rings. The Hall–Kier alpha value is -1.62. The van der Waals surface area contributed by atoms with E-state index in [1.807, 2.05) is 24.3 Å². The van der Waals surface area contributed by atoms with E-state index in [-0.39, 0.29) is 0 Å². The molecule has 0 bridgehead atoms. The molecule has 4 nitrogen and oxygen atoms in total. The van der Waals surface area contributed by atoms with Crippen molar-refractivity contribution in [3.8, 4) is 0 Å². The maximum absolute atomic E-state index is 10.5. The van der Waals surface area contributed by atoms with E-state index in [1.54, 1.807) is 6.20 Å². The molecular formula is C10H7BrN2O2. The third-order valence-electron chi connectivity index (χ3n) is 1.95. The number of carboxylic acid groups (broad SMARTS) is 1. The summed E-state index contributed by atoms with van der Waals surface area (Å²) in [6.45, 7) is 0. The van der Waals surface area contributed by atoms with Crippen LogP contribution in [0.2, 0.25) is 0 Å². The van der Waals surface area contributed by atoms with Crippen molar-refractivity contribution >= 4 is 38.6 Å². The van der Waals surface area contributed by atoms with Gasteiger partial charge in [-0.25, -0.2) is 9.78 Å². The number of hydrogen-bond donors (Lipinski definition) is 2. The first-order chi connectivity index (χ1) is 7.16. The minimum Gasteiger partial charge on any atom is -0.465 e. The molecule has 0 saturated heterocycles. The molecule has 0 aliphatic rings. The van der Waals surface area contributed by atoms with Crippen molar-refractivity contribution in [3.63, 3.8) is 0 Å². The van der Waals surface area contributed by atoms with Gasteiger partial charge in [0.05, 0.1) is 0 Å². The van der Waals surface area contributed by atoms with Gasteiger partial charge in [0.2, 0.25) is 0 Å². The molecule has 1 aromatic carbocycles. The highest BCUT2D eigenvalue weighted by molar-refractivity contribution is 9.10. The summed E-state index contributed by atoms with van der Waals surface area (Å²) >= 11 is 3.33. The molecule has 0 radical (unpaired) electrons. The van der Waals surface area contributed by atoms with Gasteiger partial charge in [0.25, 0.3) is 0 Å². The number of amides is 1. The average molecular weight is 267 g/mol. The molecule has 5 heteroatoms. The largest absolute Gasteiger partial charge is 0.465 e. The molecule has 1 heterocycles. The van der Waals surface area contributed by atoms with Crippen LogP contribution in [0, 0.1) is 0 Å². The summed E-state index contributed by atoms with van der Waals surface area (Å²) in [4.78, 5) is 14.5. The number of nitrogens with zero attached hydrogens (tertiary/aromatic N) is 1. The highest BCUT2D eigenvalue weighted by Crippen LogP contribution is 2.24. The Morgan fingerprint density at radius 2 is 2.20 bits per heavy atom. The van der Waals surface area contributed by atoms with Crippen LogP contribution in [0.1, 0.15) is 0 Å². The smallest absolute Gasteiger partial charge is 0.410 e. The van der Waals surface area contributed by atoms with Gasteiger partial charge < -0.3 is 5.11 Å². The van der Waals surface area contributed by atoms with Crippen molar-refractivity contribution in [1.82, 2.24) is 4.98 Å². The Morgan fingerprint density at radius 3 is 2.93 bits per heavy atom. The summed E-state index contributed by atoms with van der Waals surface area (Å²) in [5.41, 5.74) is 0. The van der Waals surface area contributed by atoms with Gasteiger partial charge in [-0.05, 0) is 23.6 Å². The lowest BCUT2D eigenvalue weighted by molar-refractivity contribution is 0.209. The third kappa shape index (κ3) is 2.07. The van der Waals surface area contributed by atoms with Gasteiger partial charge in [0.1, 0.15) is 5.82 Å². The van der Waals surface area contributed by atoms with E-state index in [0.717, 1.165) is 15.2 Å². The van der Waals surface area contributed by atoms with E-state index >= 15 is 0 Å². The normalized spacial score (nSPS) is 10.2. The maximum atomic E-state index is 10.5. The first kappa shape index (κ1) is 9.92. The predicted molar refractivity (Wildman–Crippen MR) is 61.1 cm³/mol. The fourth-order valence-corrected chi connectivity index (χ4v) is 1.70. The Balaban J connectivity index is 2.63. The molecule has 0 atom stereocenters. The van der Waals surface area contributed by atoms with Crippen LogP contribution in [0.25, 0.3) is 10.8 Å². The quantitative estimate of drug-likeness (QED) is 0.834. The van der Waals surface area contributed by atoms with Crippen LogP contribution in [0.15, 0.2) is 34.9 Å². The number of halogens is 1. The van der Waals surface area contributed by atoms with Crippen LogP contribution in [0.4, 0.5) is 10.6 Å². The second-order valence-corrected chi connectivity index (χ2v) is 3.87. The van der Waals surface area contributed by atoms with Gasteiger partial charge in [-0.15, -0.1) is 0 Å². The summed E-state index contributed by atoms with van der Waals surface area (Å²) in [6, 6.07) is 7.45. The van der Waals surface area contributed by atoms with E-state index < -0.39 is 6.09 Å². The predicted octanol–water partition coefficient (Wildman–Crippen LogP) is 3.09. The molecule has 2 N–H and O–H groups in total. The Labute approximate surface area is 94.1 Å². The summed E-state index contributed by atoms with van der Waals surface area (Å²) in [7, 11) is 0. The van der Waals surface area contributed by atoms with Gasteiger partial charge in [-0.3, -0.25) is 5.32 Å². The zero-order valence-electron chi connectivity index (χ0n) is 7.57. The second-order valence-electron chi connectivity index (χ2n) is 2.96. The van der Waals surface area contributed by atoms with Crippen molar-refractivity contribution < 1.29 is 9.90 Å². The molecule has 2 aromatic rings. The van der Waals surface area contributed by atoms with Crippen LogP contribution in [0.3, 0.4) is 0 Å². The summed E-state index contributed by atoms with van der Waals surface area (Å²) in [6.07, 6.45) is 0.455. The Bertz CT molecular complexity index is 528. The van der Waals surface area contributed by atoms with Crippen LogP contribution in [-0.2, 0) is 0 Å². The van der Waals surface area contributed by atoms with E-state index in [0.29, 0.717) is 5.82 Å². The molecule has 0 saturated carbocycles. The van der Waals surface area contributed by atoms with E-state index in [4.69, 9.17) is 5.11 Å². The topological polar surface area (TPSA) is 62.2 Å². The second kappa shape index (κ2) is 3.86. The number of anilines is 1. The van der Waals surface area contributed by atoms with Crippen LogP contribution in [-0.4, -0.2) is 16.2 Å². The third-order valence-corrected chi connectivity index (χ3v) is 2.45. The Morgan fingerprint density at radius 1 is 1.40 bits per heavy atom. The Kier molecular flexibility index (Phi) is 2.55. The molecule has 1 amide bonds. The van der Waals surface area contributed by atoms with Crippen LogP contribution < -0.4 is 5.32 Å². The van der Waals surface area contributed by atoms with Gasteiger partial charge in [0, 0.05) is 16.1 Å². The van der Waals surface area contributed by atoms with Crippen molar-refractivity contribution in [2.75, 3.05) is 5.32 Å². The van der Waals surface area contributed by atoms with Gasteiger partial charge in [-0.1, -0.05) is 22.0 Å². The zero-order valence-corrected chi connectivity index (χ0v) is 9.15. The lowest BCUT2D eigenvalue weighted by atomic mass is 10.1. The average Bonchev–Trinajstić information content (AvgIpc) is 2.18. The number of pyridine rings is 1. The van der Waals surface area contributed by atoms with Crippen molar-refractivity contribution in [2.24, 2.45) is 0 Å². The van der Waals surface area contributed by atoms with Gasteiger partial charge >= 0.3 is 6.09 Å². The number of nitrogens with one attached hydrogen (secondary N) is 1. The molecule has 1 aromatic heterocycles. The zero-order chi connectivity index (χ0) is 10.8. The number of rotatable bonds is 1. The minimum absolute atomic E-state index is 0.348. The van der Waals surface area contributed by atoms with E-state index in [2.05, 4.69) is 26.2 Å². The first-order valence-corrected chi connectivity index (χ1v) is 5.00. The maximum Gasteiger partial charge on any atom is 0.410 e. The van der Waals surface area contributed by atoms with Gasteiger partial charge in [0.15, 0.2) is 0 Å². The summed E-state index contributed by atoms with van der Waals surface area (Å²) < 4.78 is 0.886. The minimum atomic E-state index is -1.12. The fraction of sp³-hybridized carbons (Fsp3) is 0.